The highest BCUT2D eigenvalue weighted by Crippen LogP contribution is 2.30. The van der Waals surface area contributed by atoms with Crippen LogP contribution in [0.4, 0.5) is 0 Å². The fourth-order valence-electron chi connectivity index (χ4n) is 1.46. The Hall–Kier alpha value is -0.350. The van der Waals surface area contributed by atoms with Crippen LogP contribution in [0.15, 0.2) is 10.7 Å². The highest BCUT2D eigenvalue weighted by atomic mass is 79.9. The molecule has 3 nitrogen and oxygen atoms in total. The Labute approximate surface area is 93.8 Å². The molecule has 0 radical (unpaired) electrons. The lowest BCUT2D eigenvalue weighted by atomic mass is 9.89. The van der Waals surface area contributed by atoms with Crippen LogP contribution in [0.25, 0.3) is 0 Å². The van der Waals surface area contributed by atoms with Gasteiger partial charge in [-0.3, -0.25) is 4.68 Å². The second-order valence-electron chi connectivity index (χ2n) is 4.47. The van der Waals surface area contributed by atoms with Gasteiger partial charge in [0, 0.05) is 18.0 Å². The SMILES string of the molecule is CC(C)n1ncc(Br)c1C(C)(C)CN. The van der Waals surface area contributed by atoms with Gasteiger partial charge in [0.1, 0.15) is 0 Å². The van der Waals surface area contributed by atoms with Crippen molar-refractivity contribution in [3.05, 3.63) is 16.4 Å². The van der Waals surface area contributed by atoms with Crippen molar-refractivity contribution in [2.75, 3.05) is 6.54 Å². The van der Waals surface area contributed by atoms with Crippen LogP contribution in [-0.2, 0) is 5.41 Å². The van der Waals surface area contributed by atoms with E-state index in [1.807, 2.05) is 10.9 Å². The molecule has 1 aromatic rings. The summed E-state index contributed by atoms with van der Waals surface area (Å²) in [5.74, 6) is 0. The molecule has 0 amide bonds. The summed E-state index contributed by atoms with van der Waals surface area (Å²) in [5.41, 5.74) is 6.91. The van der Waals surface area contributed by atoms with Crippen LogP contribution in [0.1, 0.15) is 39.4 Å². The van der Waals surface area contributed by atoms with Crippen molar-refractivity contribution in [1.29, 1.82) is 0 Å². The first-order valence-electron chi connectivity index (χ1n) is 4.83. The minimum atomic E-state index is -0.0421. The van der Waals surface area contributed by atoms with Crippen LogP contribution in [-0.4, -0.2) is 16.3 Å². The second-order valence-corrected chi connectivity index (χ2v) is 5.32. The van der Waals surface area contributed by atoms with Crippen LogP contribution >= 0.6 is 15.9 Å². The summed E-state index contributed by atoms with van der Waals surface area (Å²) in [4.78, 5) is 0. The van der Waals surface area contributed by atoms with E-state index in [2.05, 4.69) is 48.7 Å². The van der Waals surface area contributed by atoms with Gasteiger partial charge >= 0.3 is 0 Å². The van der Waals surface area contributed by atoms with E-state index in [0.29, 0.717) is 12.6 Å². The van der Waals surface area contributed by atoms with Crippen molar-refractivity contribution in [2.24, 2.45) is 5.73 Å². The van der Waals surface area contributed by atoms with Crippen molar-refractivity contribution in [3.63, 3.8) is 0 Å². The van der Waals surface area contributed by atoms with Gasteiger partial charge in [-0.1, -0.05) is 13.8 Å². The molecule has 0 aliphatic rings. The molecule has 4 heteroatoms. The number of nitrogens with zero attached hydrogens (tertiary/aromatic N) is 2. The molecule has 1 rings (SSSR count). The minimum Gasteiger partial charge on any atom is -0.330 e. The second kappa shape index (κ2) is 4.03. The van der Waals surface area contributed by atoms with Crippen molar-refractivity contribution in [3.8, 4) is 0 Å². The molecule has 14 heavy (non-hydrogen) atoms. The molecule has 0 saturated heterocycles. The van der Waals surface area contributed by atoms with E-state index in [-0.39, 0.29) is 5.41 Å². The third kappa shape index (κ3) is 2.01. The van der Waals surface area contributed by atoms with E-state index >= 15 is 0 Å². The lowest BCUT2D eigenvalue weighted by Gasteiger charge is -2.26. The molecule has 0 fully saturated rings. The van der Waals surface area contributed by atoms with Gasteiger partial charge in [-0.2, -0.15) is 5.10 Å². The van der Waals surface area contributed by atoms with E-state index in [0.717, 1.165) is 4.47 Å². The lowest BCUT2D eigenvalue weighted by Crippen LogP contribution is -2.32. The van der Waals surface area contributed by atoms with Crippen LogP contribution < -0.4 is 5.73 Å². The lowest BCUT2D eigenvalue weighted by molar-refractivity contribution is 0.428. The maximum Gasteiger partial charge on any atom is 0.0635 e. The van der Waals surface area contributed by atoms with Crippen molar-refractivity contribution in [2.45, 2.75) is 39.2 Å². The molecular weight excluding hydrogens is 242 g/mol. The summed E-state index contributed by atoms with van der Waals surface area (Å²) in [6.45, 7) is 9.12. The van der Waals surface area contributed by atoms with Gasteiger partial charge in [0.05, 0.1) is 16.4 Å². The fraction of sp³-hybridized carbons (Fsp3) is 0.700. The predicted molar refractivity (Wildman–Crippen MR) is 62.4 cm³/mol. The number of halogens is 1. The first kappa shape index (κ1) is 11.7. The van der Waals surface area contributed by atoms with Gasteiger partial charge in [0.25, 0.3) is 0 Å². The number of nitrogens with two attached hydrogens (primary N) is 1. The summed E-state index contributed by atoms with van der Waals surface area (Å²) in [6, 6.07) is 0.363. The average molecular weight is 260 g/mol. The zero-order valence-electron chi connectivity index (χ0n) is 9.21. The monoisotopic (exact) mass is 259 g/mol. The molecule has 0 saturated carbocycles. The van der Waals surface area contributed by atoms with Gasteiger partial charge < -0.3 is 5.73 Å². The van der Waals surface area contributed by atoms with Crippen molar-refractivity contribution in [1.82, 2.24) is 9.78 Å². The maximum atomic E-state index is 5.77. The van der Waals surface area contributed by atoms with Gasteiger partial charge in [-0.05, 0) is 29.8 Å². The van der Waals surface area contributed by atoms with Crippen LogP contribution in [0.2, 0.25) is 0 Å². The fourth-order valence-corrected chi connectivity index (χ4v) is 2.27. The van der Waals surface area contributed by atoms with Crippen LogP contribution in [0.5, 0.6) is 0 Å². The molecule has 1 heterocycles. The van der Waals surface area contributed by atoms with Gasteiger partial charge in [0.15, 0.2) is 0 Å². The molecule has 0 bridgehead atoms. The molecule has 0 atom stereocenters. The first-order valence-corrected chi connectivity index (χ1v) is 5.63. The Bertz CT molecular complexity index is 315. The number of hydrogen-bond acceptors (Lipinski definition) is 2. The van der Waals surface area contributed by atoms with E-state index in [4.69, 9.17) is 5.73 Å². The quantitative estimate of drug-likeness (QED) is 0.907. The Morgan fingerprint density at radius 3 is 2.57 bits per heavy atom. The Morgan fingerprint density at radius 2 is 2.14 bits per heavy atom. The summed E-state index contributed by atoms with van der Waals surface area (Å²) in [6.07, 6.45) is 1.84. The summed E-state index contributed by atoms with van der Waals surface area (Å²) in [7, 11) is 0. The first-order chi connectivity index (χ1) is 6.40. The highest BCUT2D eigenvalue weighted by Gasteiger charge is 2.27. The third-order valence-electron chi connectivity index (χ3n) is 2.39. The molecule has 0 aliphatic heterocycles. The summed E-state index contributed by atoms with van der Waals surface area (Å²) >= 11 is 3.52. The molecule has 0 unspecified atom stereocenters. The molecule has 0 spiro atoms. The highest BCUT2D eigenvalue weighted by molar-refractivity contribution is 9.10. The molecule has 0 aromatic carbocycles. The molecule has 2 N–H and O–H groups in total. The Kier molecular flexibility index (Phi) is 3.37. The number of hydrogen-bond donors (Lipinski definition) is 1. The van der Waals surface area contributed by atoms with Gasteiger partial charge in [-0.25, -0.2) is 0 Å². The zero-order chi connectivity index (χ0) is 10.9. The molecule has 80 valence electrons. The van der Waals surface area contributed by atoms with Crippen molar-refractivity contribution >= 4 is 15.9 Å². The van der Waals surface area contributed by atoms with Crippen LogP contribution in [0.3, 0.4) is 0 Å². The Balaban J connectivity index is 3.24. The van der Waals surface area contributed by atoms with E-state index in [1.54, 1.807) is 0 Å². The Morgan fingerprint density at radius 1 is 1.57 bits per heavy atom. The average Bonchev–Trinajstić information content (AvgIpc) is 2.47. The largest absolute Gasteiger partial charge is 0.330 e. The van der Waals surface area contributed by atoms with Crippen molar-refractivity contribution < 1.29 is 0 Å². The molecular formula is C10H18BrN3. The smallest absolute Gasteiger partial charge is 0.0635 e. The van der Waals surface area contributed by atoms with Gasteiger partial charge in [0.2, 0.25) is 0 Å². The van der Waals surface area contributed by atoms with E-state index in [1.165, 1.54) is 5.69 Å². The zero-order valence-corrected chi connectivity index (χ0v) is 10.8. The number of aromatic nitrogens is 2. The molecule has 1 aromatic heterocycles. The summed E-state index contributed by atoms with van der Waals surface area (Å²) in [5, 5.41) is 4.34. The topological polar surface area (TPSA) is 43.8 Å². The molecule has 0 aliphatic carbocycles. The predicted octanol–water partition coefficient (Wildman–Crippen LogP) is 2.46. The number of rotatable bonds is 3. The normalized spacial score (nSPS) is 12.5. The summed E-state index contributed by atoms with van der Waals surface area (Å²) < 4.78 is 3.07. The van der Waals surface area contributed by atoms with Crippen LogP contribution in [0, 0.1) is 0 Å². The maximum absolute atomic E-state index is 5.77. The standard InChI is InChI=1S/C10H18BrN3/c1-7(2)14-9(8(11)5-13-14)10(3,4)6-12/h5,7H,6,12H2,1-4H3. The van der Waals surface area contributed by atoms with E-state index in [9.17, 15) is 0 Å². The van der Waals surface area contributed by atoms with Gasteiger partial charge in [-0.15, -0.1) is 0 Å². The third-order valence-corrected chi connectivity index (χ3v) is 2.97. The van der Waals surface area contributed by atoms with E-state index < -0.39 is 0 Å². The minimum absolute atomic E-state index is 0.0421.